The van der Waals surface area contributed by atoms with E-state index >= 15 is 0 Å². The van der Waals surface area contributed by atoms with E-state index in [2.05, 4.69) is 48.8 Å². The summed E-state index contributed by atoms with van der Waals surface area (Å²) in [6.45, 7) is 4.39. The first-order chi connectivity index (χ1) is 9.67. The van der Waals surface area contributed by atoms with Crippen LogP contribution >= 0.6 is 23.1 Å². The topological polar surface area (TPSA) is 21.3 Å². The maximum absolute atomic E-state index is 5.50. The van der Waals surface area contributed by atoms with Crippen molar-refractivity contribution in [3.05, 3.63) is 40.8 Å². The molecule has 0 bridgehead atoms. The van der Waals surface area contributed by atoms with Crippen LogP contribution in [0.1, 0.15) is 30.5 Å². The molecule has 1 unspecified atom stereocenters. The first kappa shape index (κ1) is 13.8. The van der Waals surface area contributed by atoms with Gasteiger partial charge < -0.3 is 10.1 Å². The van der Waals surface area contributed by atoms with Gasteiger partial charge in [0.25, 0.3) is 0 Å². The smallest absolute Gasteiger partial charge is 0.142 e. The van der Waals surface area contributed by atoms with Crippen LogP contribution in [0.25, 0.3) is 0 Å². The number of hydrogen-bond donors (Lipinski definition) is 1. The van der Waals surface area contributed by atoms with Crippen molar-refractivity contribution in [2.75, 3.05) is 12.4 Å². The lowest BCUT2D eigenvalue weighted by Crippen LogP contribution is -2.19. The van der Waals surface area contributed by atoms with Crippen molar-refractivity contribution in [3.63, 3.8) is 0 Å². The van der Waals surface area contributed by atoms with Crippen LogP contribution in [-0.2, 0) is 0 Å². The maximum atomic E-state index is 5.50. The van der Waals surface area contributed by atoms with Crippen molar-refractivity contribution in [1.29, 1.82) is 0 Å². The first-order valence-corrected chi connectivity index (χ1v) is 8.58. The molecule has 20 heavy (non-hydrogen) atoms. The van der Waals surface area contributed by atoms with Crippen LogP contribution in [0.4, 0.5) is 5.69 Å². The number of aryl methyl sites for hydroxylation is 1. The minimum absolute atomic E-state index is 0.379. The second kappa shape index (κ2) is 5.70. The number of methoxy groups -OCH3 is 1. The number of thioether (sulfide) groups is 1. The van der Waals surface area contributed by atoms with Gasteiger partial charge in [0.15, 0.2) is 0 Å². The highest BCUT2D eigenvalue weighted by Gasteiger charge is 2.26. The number of fused-ring (bicyclic) bond motifs is 1. The number of benzene rings is 1. The Morgan fingerprint density at radius 1 is 1.30 bits per heavy atom. The van der Waals surface area contributed by atoms with Crippen molar-refractivity contribution >= 4 is 28.8 Å². The molecule has 1 aromatic heterocycles. The van der Waals surface area contributed by atoms with E-state index in [-0.39, 0.29) is 0 Å². The monoisotopic (exact) mass is 305 g/mol. The molecule has 0 saturated carbocycles. The van der Waals surface area contributed by atoms with E-state index in [1.54, 1.807) is 7.11 Å². The average Bonchev–Trinajstić information content (AvgIpc) is 2.88. The molecule has 0 amide bonds. The summed E-state index contributed by atoms with van der Waals surface area (Å²) in [6, 6.07) is 8.95. The van der Waals surface area contributed by atoms with Gasteiger partial charge in [-0.15, -0.1) is 23.1 Å². The SMILES string of the molecule is COc1cc(C)ccc1NC1C[C@H](C)Sc2sccc21. The predicted molar refractivity (Wildman–Crippen MR) is 88.3 cm³/mol. The van der Waals surface area contributed by atoms with Gasteiger partial charge in [0, 0.05) is 5.25 Å². The average molecular weight is 305 g/mol. The summed E-state index contributed by atoms with van der Waals surface area (Å²) in [4.78, 5) is 0. The summed E-state index contributed by atoms with van der Waals surface area (Å²) in [5.74, 6) is 0.924. The van der Waals surface area contributed by atoms with Crippen LogP contribution in [0.5, 0.6) is 5.75 Å². The molecule has 1 N–H and O–H groups in total. The normalized spacial score (nSPS) is 21.4. The highest BCUT2D eigenvalue weighted by Crippen LogP contribution is 2.45. The van der Waals surface area contributed by atoms with E-state index in [0.29, 0.717) is 11.3 Å². The van der Waals surface area contributed by atoms with Gasteiger partial charge in [0.05, 0.1) is 23.0 Å². The summed E-state index contributed by atoms with van der Waals surface area (Å²) in [5, 5.41) is 6.51. The Hall–Kier alpha value is -1.13. The second-order valence-corrected chi connectivity index (χ2v) is 7.85. The second-order valence-electron chi connectivity index (χ2n) is 5.23. The van der Waals surface area contributed by atoms with Crippen molar-refractivity contribution in [2.45, 2.75) is 35.8 Å². The van der Waals surface area contributed by atoms with E-state index in [9.17, 15) is 0 Å². The maximum Gasteiger partial charge on any atom is 0.142 e. The minimum Gasteiger partial charge on any atom is -0.495 e. The largest absolute Gasteiger partial charge is 0.495 e. The Kier molecular flexibility index (Phi) is 3.94. The van der Waals surface area contributed by atoms with Gasteiger partial charge in [-0.3, -0.25) is 0 Å². The molecule has 4 heteroatoms. The number of nitrogens with one attached hydrogen (secondary N) is 1. The quantitative estimate of drug-likeness (QED) is 0.852. The zero-order valence-electron chi connectivity index (χ0n) is 12.0. The fourth-order valence-corrected chi connectivity index (χ4v) is 5.16. The molecule has 2 nitrogen and oxygen atoms in total. The third-order valence-electron chi connectivity index (χ3n) is 3.60. The van der Waals surface area contributed by atoms with E-state index < -0.39 is 0 Å². The summed E-state index contributed by atoms with van der Waals surface area (Å²) in [5.41, 5.74) is 3.73. The highest BCUT2D eigenvalue weighted by atomic mass is 32.2. The number of hydrogen-bond acceptors (Lipinski definition) is 4. The number of anilines is 1. The van der Waals surface area contributed by atoms with E-state index in [1.165, 1.54) is 15.3 Å². The predicted octanol–water partition coefficient (Wildman–Crippen LogP) is 5.10. The van der Waals surface area contributed by atoms with Crippen molar-refractivity contribution in [1.82, 2.24) is 0 Å². The van der Waals surface area contributed by atoms with Crippen molar-refractivity contribution in [2.24, 2.45) is 0 Å². The number of thiophene rings is 1. The van der Waals surface area contributed by atoms with Crippen LogP contribution in [0.2, 0.25) is 0 Å². The summed E-state index contributed by atoms with van der Waals surface area (Å²) in [6.07, 6.45) is 1.14. The van der Waals surface area contributed by atoms with Crippen LogP contribution in [0.3, 0.4) is 0 Å². The molecule has 0 aliphatic carbocycles. The Bertz CT molecular complexity index is 608. The van der Waals surface area contributed by atoms with E-state index in [0.717, 1.165) is 17.9 Å². The first-order valence-electron chi connectivity index (χ1n) is 6.82. The third kappa shape index (κ3) is 2.67. The van der Waals surface area contributed by atoms with E-state index in [4.69, 9.17) is 4.74 Å². The Balaban J connectivity index is 1.89. The third-order valence-corrected chi connectivity index (χ3v) is 5.94. The molecule has 1 aromatic carbocycles. The van der Waals surface area contributed by atoms with E-state index in [1.807, 2.05) is 23.1 Å². The van der Waals surface area contributed by atoms with Gasteiger partial charge in [0.1, 0.15) is 5.75 Å². The van der Waals surface area contributed by atoms with Gasteiger partial charge >= 0.3 is 0 Å². The molecule has 3 rings (SSSR count). The summed E-state index contributed by atoms with van der Waals surface area (Å²) >= 11 is 3.84. The Labute approximate surface area is 128 Å². The molecule has 2 heterocycles. The molecule has 1 aliphatic rings. The molecular weight excluding hydrogens is 286 g/mol. The van der Waals surface area contributed by atoms with Crippen molar-refractivity contribution in [3.8, 4) is 5.75 Å². The molecule has 0 saturated heterocycles. The molecule has 0 fully saturated rings. The highest BCUT2D eigenvalue weighted by molar-refractivity contribution is 8.01. The number of ether oxygens (including phenoxy) is 1. The molecule has 1 aliphatic heterocycles. The zero-order valence-corrected chi connectivity index (χ0v) is 13.6. The molecule has 106 valence electrons. The van der Waals surface area contributed by atoms with Crippen LogP contribution in [0, 0.1) is 6.92 Å². The zero-order chi connectivity index (χ0) is 14.1. The van der Waals surface area contributed by atoms with Gasteiger partial charge in [-0.05, 0) is 48.1 Å². The van der Waals surface area contributed by atoms with Gasteiger partial charge in [-0.1, -0.05) is 13.0 Å². The molecule has 0 radical (unpaired) electrons. The van der Waals surface area contributed by atoms with Crippen LogP contribution in [-0.4, -0.2) is 12.4 Å². The van der Waals surface area contributed by atoms with Crippen molar-refractivity contribution < 1.29 is 4.74 Å². The van der Waals surface area contributed by atoms with Gasteiger partial charge in [-0.25, -0.2) is 0 Å². The minimum atomic E-state index is 0.379. The molecular formula is C16H19NOS2. The van der Waals surface area contributed by atoms with Crippen LogP contribution < -0.4 is 10.1 Å². The number of rotatable bonds is 3. The standard InChI is InChI=1S/C16H19NOS2/c1-10-4-5-13(15(8-10)18-3)17-14-9-11(2)20-16-12(14)6-7-19-16/h4-8,11,14,17H,9H2,1-3H3/t11-,14?/m0/s1. The fourth-order valence-electron chi connectivity index (χ4n) is 2.59. The lowest BCUT2D eigenvalue weighted by Gasteiger charge is -2.29. The fraction of sp³-hybridized carbons (Fsp3) is 0.375. The summed E-state index contributed by atoms with van der Waals surface area (Å²) < 4.78 is 6.95. The lowest BCUT2D eigenvalue weighted by atomic mass is 10.0. The Morgan fingerprint density at radius 2 is 2.15 bits per heavy atom. The lowest BCUT2D eigenvalue weighted by molar-refractivity contribution is 0.415. The molecule has 2 aromatic rings. The molecule has 2 atom stereocenters. The summed E-state index contributed by atoms with van der Waals surface area (Å²) in [7, 11) is 1.73. The molecule has 0 spiro atoms. The van der Waals surface area contributed by atoms with Gasteiger partial charge in [0.2, 0.25) is 0 Å². The van der Waals surface area contributed by atoms with Crippen LogP contribution in [0.15, 0.2) is 33.9 Å². The Morgan fingerprint density at radius 3 is 2.95 bits per heavy atom. The van der Waals surface area contributed by atoms with Gasteiger partial charge in [-0.2, -0.15) is 0 Å².